The molecule has 1 rings (SSSR count). The molecule has 1 aromatic carbocycles. The molecule has 0 heterocycles. The molecule has 0 aliphatic rings. The zero-order valence-electron chi connectivity index (χ0n) is 8.62. The molecule has 16 heavy (non-hydrogen) atoms. The van der Waals surface area contributed by atoms with E-state index in [0.717, 1.165) is 5.56 Å². The van der Waals surface area contributed by atoms with Gasteiger partial charge >= 0.3 is 7.82 Å². The van der Waals surface area contributed by atoms with Crippen molar-refractivity contribution >= 4 is 7.82 Å². The van der Waals surface area contributed by atoms with Crippen LogP contribution in [0.15, 0.2) is 12.1 Å². The number of rotatable bonds is 4. The molecular weight excluding hydrogens is 235 g/mol. The predicted octanol–water partition coefficient (Wildman–Crippen LogP) is 0.451. The lowest BCUT2D eigenvalue weighted by Gasteiger charge is -2.15. The highest BCUT2D eigenvalue weighted by Crippen LogP contribution is 2.41. The second-order valence-electron chi connectivity index (χ2n) is 3.31. The summed E-state index contributed by atoms with van der Waals surface area (Å²) in [5.74, 6) is -0.163. The van der Waals surface area contributed by atoms with Crippen LogP contribution in [0.2, 0.25) is 0 Å². The summed E-state index contributed by atoms with van der Waals surface area (Å²) in [5.41, 5.74) is 1.21. The Labute approximate surface area is 92.4 Å². The van der Waals surface area contributed by atoms with Gasteiger partial charge in [-0.2, -0.15) is 0 Å². The Morgan fingerprint density at radius 2 is 1.62 bits per heavy atom. The molecule has 0 aliphatic carbocycles. The van der Waals surface area contributed by atoms with E-state index in [1.165, 1.54) is 12.1 Å². The lowest BCUT2D eigenvalue weighted by atomic mass is 10.1. The summed E-state index contributed by atoms with van der Waals surface area (Å²) in [6.45, 7) is 0.883. The molecule has 0 saturated carbocycles. The molecule has 0 aromatic heterocycles. The minimum atomic E-state index is -4.71. The summed E-state index contributed by atoms with van der Waals surface area (Å²) in [7, 11) is -4.71. The second-order valence-corrected chi connectivity index (χ2v) is 4.47. The average molecular weight is 248 g/mol. The standard InChI is InChI=1S/C9H13O6P/c1-6-2-7(4-10)9(8(3-6)5-11)15-16(12,13)14/h2-3,10-11H,4-5H2,1H3,(H2,12,13,14). The Morgan fingerprint density at radius 3 is 1.94 bits per heavy atom. The topological polar surface area (TPSA) is 107 Å². The fraction of sp³-hybridized carbons (Fsp3) is 0.333. The van der Waals surface area contributed by atoms with Crippen molar-refractivity contribution < 1.29 is 29.1 Å². The number of phosphoric acid groups is 1. The van der Waals surface area contributed by atoms with Gasteiger partial charge in [-0.3, -0.25) is 9.79 Å². The van der Waals surface area contributed by atoms with Crippen LogP contribution in [0, 0.1) is 6.92 Å². The van der Waals surface area contributed by atoms with Crippen molar-refractivity contribution in [2.45, 2.75) is 20.1 Å². The number of benzene rings is 1. The molecule has 0 aliphatic heterocycles. The van der Waals surface area contributed by atoms with E-state index in [9.17, 15) is 4.57 Å². The first-order valence-electron chi connectivity index (χ1n) is 4.46. The molecule has 6 nitrogen and oxygen atoms in total. The largest absolute Gasteiger partial charge is 0.524 e. The number of hydrogen-bond donors (Lipinski definition) is 4. The maximum absolute atomic E-state index is 10.7. The van der Waals surface area contributed by atoms with Gasteiger partial charge in [0.25, 0.3) is 0 Å². The molecule has 0 amide bonds. The fourth-order valence-electron chi connectivity index (χ4n) is 1.40. The van der Waals surface area contributed by atoms with Crippen LogP contribution in [-0.4, -0.2) is 20.0 Å². The molecule has 0 fully saturated rings. The van der Waals surface area contributed by atoms with Crippen LogP contribution in [0.25, 0.3) is 0 Å². The van der Waals surface area contributed by atoms with Gasteiger partial charge in [0.05, 0.1) is 13.2 Å². The minimum absolute atomic E-state index is 0.163. The van der Waals surface area contributed by atoms with Crippen molar-refractivity contribution in [2.24, 2.45) is 0 Å². The maximum atomic E-state index is 10.7. The van der Waals surface area contributed by atoms with Crippen molar-refractivity contribution in [3.8, 4) is 5.75 Å². The van der Waals surface area contributed by atoms with Crippen LogP contribution in [0.5, 0.6) is 5.75 Å². The van der Waals surface area contributed by atoms with Gasteiger partial charge in [0.15, 0.2) is 0 Å². The lowest BCUT2D eigenvalue weighted by molar-refractivity contribution is 0.252. The monoisotopic (exact) mass is 248 g/mol. The van der Waals surface area contributed by atoms with Gasteiger partial charge in [0.2, 0.25) is 0 Å². The third-order valence-corrected chi connectivity index (χ3v) is 2.36. The number of phosphoric ester groups is 1. The van der Waals surface area contributed by atoms with Crippen LogP contribution in [0.3, 0.4) is 0 Å². The zero-order chi connectivity index (χ0) is 12.3. The van der Waals surface area contributed by atoms with E-state index in [1.807, 2.05) is 0 Å². The van der Waals surface area contributed by atoms with Gasteiger partial charge in [-0.1, -0.05) is 17.7 Å². The lowest BCUT2D eigenvalue weighted by Crippen LogP contribution is -2.01. The summed E-state index contributed by atoms with van der Waals surface area (Å²) < 4.78 is 15.2. The summed E-state index contributed by atoms with van der Waals surface area (Å²) >= 11 is 0. The van der Waals surface area contributed by atoms with E-state index in [4.69, 9.17) is 20.0 Å². The Hall–Kier alpha value is -0.910. The number of aliphatic hydroxyl groups excluding tert-OH is 2. The van der Waals surface area contributed by atoms with Crippen LogP contribution in [-0.2, 0) is 17.8 Å². The van der Waals surface area contributed by atoms with E-state index in [-0.39, 0.29) is 16.9 Å². The average Bonchev–Trinajstić information content (AvgIpc) is 2.18. The van der Waals surface area contributed by atoms with E-state index in [2.05, 4.69) is 4.52 Å². The molecule has 4 N–H and O–H groups in total. The maximum Gasteiger partial charge on any atom is 0.524 e. The van der Waals surface area contributed by atoms with Crippen molar-refractivity contribution in [1.82, 2.24) is 0 Å². The Kier molecular flexibility index (Phi) is 4.07. The van der Waals surface area contributed by atoms with Crippen molar-refractivity contribution in [2.75, 3.05) is 0 Å². The number of hydrogen-bond acceptors (Lipinski definition) is 4. The first-order valence-corrected chi connectivity index (χ1v) is 5.99. The van der Waals surface area contributed by atoms with Crippen LogP contribution in [0.4, 0.5) is 0 Å². The molecule has 0 saturated heterocycles. The van der Waals surface area contributed by atoms with Crippen molar-refractivity contribution in [3.63, 3.8) is 0 Å². The summed E-state index contributed by atoms with van der Waals surface area (Å²) in [6.07, 6.45) is 0. The Balaban J connectivity index is 3.27. The van der Waals surface area contributed by atoms with E-state index < -0.39 is 21.0 Å². The smallest absolute Gasteiger partial charge is 0.403 e. The van der Waals surface area contributed by atoms with Gasteiger partial charge < -0.3 is 14.7 Å². The second kappa shape index (κ2) is 4.95. The predicted molar refractivity (Wildman–Crippen MR) is 55.7 cm³/mol. The Bertz CT molecular complexity index is 399. The molecule has 90 valence electrons. The van der Waals surface area contributed by atoms with Crippen molar-refractivity contribution in [1.29, 1.82) is 0 Å². The van der Waals surface area contributed by atoms with Crippen LogP contribution >= 0.6 is 7.82 Å². The molecule has 0 atom stereocenters. The van der Waals surface area contributed by atoms with E-state index in [0.29, 0.717) is 0 Å². The highest BCUT2D eigenvalue weighted by atomic mass is 31.2. The zero-order valence-corrected chi connectivity index (χ0v) is 9.52. The summed E-state index contributed by atoms with van der Waals surface area (Å²) in [4.78, 5) is 17.4. The molecular formula is C9H13O6P. The Morgan fingerprint density at radius 1 is 1.19 bits per heavy atom. The molecule has 0 radical (unpaired) electrons. The third kappa shape index (κ3) is 3.30. The quantitative estimate of drug-likeness (QED) is 0.576. The fourth-order valence-corrected chi connectivity index (χ4v) is 1.87. The highest BCUT2D eigenvalue weighted by molar-refractivity contribution is 7.46. The van der Waals surface area contributed by atoms with Crippen LogP contribution in [0.1, 0.15) is 16.7 Å². The number of aryl methyl sites for hydroxylation is 1. The van der Waals surface area contributed by atoms with E-state index >= 15 is 0 Å². The number of aliphatic hydroxyl groups is 2. The summed E-state index contributed by atoms with van der Waals surface area (Å²) in [6, 6.07) is 3.06. The molecule has 0 unspecified atom stereocenters. The normalized spacial score (nSPS) is 11.6. The first-order chi connectivity index (χ1) is 7.37. The van der Waals surface area contributed by atoms with Gasteiger partial charge in [-0.25, -0.2) is 4.57 Å². The molecule has 0 bridgehead atoms. The van der Waals surface area contributed by atoms with Gasteiger partial charge in [0, 0.05) is 11.1 Å². The van der Waals surface area contributed by atoms with Gasteiger partial charge in [-0.05, 0) is 6.92 Å². The first kappa shape index (κ1) is 13.2. The van der Waals surface area contributed by atoms with E-state index in [1.54, 1.807) is 6.92 Å². The summed E-state index contributed by atoms with van der Waals surface area (Å²) in [5, 5.41) is 18.1. The van der Waals surface area contributed by atoms with Gasteiger partial charge in [-0.15, -0.1) is 0 Å². The van der Waals surface area contributed by atoms with Gasteiger partial charge in [0.1, 0.15) is 5.75 Å². The highest BCUT2D eigenvalue weighted by Gasteiger charge is 2.21. The van der Waals surface area contributed by atoms with Crippen molar-refractivity contribution in [3.05, 3.63) is 28.8 Å². The molecule has 7 heteroatoms. The minimum Gasteiger partial charge on any atom is -0.403 e. The third-order valence-electron chi connectivity index (χ3n) is 1.94. The molecule has 1 aromatic rings. The van der Waals surface area contributed by atoms with Crippen LogP contribution < -0.4 is 4.52 Å². The molecule has 0 spiro atoms. The SMILES string of the molecule is Cc1cc(CO)c(OP(=O)(O)O)c(CO)c1.